The predicted octanol–water partition coefficient (Wildman–Crippen LogP) is -1.76. The summed E-state index contributed by atoms with van der Waals surface area (Å²) in [5, 5.41) is 10.1. The van der Waals surface area contributed by atoms with Gasteiger partial charge >= 0.3 is 35.1 Å². The monoisotopic (exact) mass is 540 g/mol. The molecule has 2 heterocycles. The van der Waals surface area contributed by atoms with E-state index < -0.39 is 72.1 Å². The van der Waals surface area contributed by atoms with Gasteiger partial charge in [-0.2, -0.15) is 8.62 Å². The molecular formula is C12H19N2O16P3. The van der Waals surface area contributed by atoms with E-state index in [9.17, 15) is 38.1 Å². The number of carbonyl (C=O) groups excluding carboxylic acids is 1. The fraction of sp³-hybridized carbons (Fsp3) is 0.583. The average Bonchev–Trinajstić information content (AvgIpc) is 2.99. The molecule has 0 saturated carbocycles. The minimum absolute atomic E-state index is 0.156. The highest BCUT2D eigenvalue weighted by molar-refractivity contribution is 7.66. The second kappa shape index (κ2) is 10.4. The number of phosphoric ester groups is 1. The van der Waals surface area contributed by atoms with Crippen LogP contribution in [0.25, 0.3) is 0 Å². The van der Waals surface area contributed by atoms with Gasteiger partial charge in [-0.25, -0.2) is 18.5 Å². The maximum atomic E-state index is 12.1. The molecule has 33 heavy (non-hydrogen) atoms. The number of H-pyrrole nitrogens is 1. The lowest BCUT2D eigenvalue weighted by Gasteiger charge is -2.19. The van der Waals surface area contributed by atoms with Crippen LogP contribution in [0.5, 0.6) is 0 Å². The number of hydrogen-bond acceptors (Lipinski definition) is 12. The van der Waals surface area contributed by atoms with E-state index in [1.807, 2.05) is 4.98 Å². The van der Waals surface area contributed by atoms with E-state index in [4.69, 9.17) is 19.4 Å². The van der Waals surface area contributed by atoms with Crippen molar-refractivity contribution in [2.75, 3.05) is 13.7 Å². The Morgan fingerprint density at radius 3 is 2.39 bits per heavy atom. The number of carbonyl (C=O) groups is 1. The molecule has 5 atom stereocenters. The Bertz CT molecular complexity index is 1140. The van der Waals surface area contributed by atoms with Crippen molar-refractivity contribution in [1.29, 1.82) is 0 Å². The Hall–Kier alpha value is -1.52. The van der Waals surface area contributed by atoms with Crippen molar-refractivity contribution in [3.05, 3.63) is 32.6 Å². The highest BCUT2D eigenvalue weighted by Gasteiger charge is 2.43. The van der Waals surface area contributed by atoms with Gasteiger partial charge in [-0.15, -0.1) is 0 Å². The number of hydrogen-bond donors (Lipinski definition) is 6. The molecule has 0 spiro atoms. The molecule has 1 aromatic heterocycles. The molecule has 1 fully saturated rings. The largest absolute Gasteiger partial charge is 0.490 e. The molecule has 1 aliphatic rings. The van der Waals surface area contributed by atoms with E-state index in [1.165, 1.54) is 0 Å². The number of aromatic nitrogens is 2. The van der Waals surface area contributed by atoms with Crippen molar-refractivity contribution in [2.24, 2.45) is 0 Å². The van der Waals surface area contributed by atoms with Gasteiger partial charge in [0.05, 0.1) is 26.2 Å². The zero-order chi connectivity index (χ0) is 25.2. The SMILES string of the molecule is COC(=O)Cc1cn([C@H]2C[C@H](O)[C@@H](COP(=O)(O)OP(=O)(O)OP(=O)(O)O)O2)c(=O)[nH]c1=O. The Morgan fingerprint density at radius 2 is 1.82 bits per heavy atom. The maximum Gasteiger partial charge on any atom is 0.490 e. The first-order valence-corrected chi connectivity index (χ1v) is 13.1. The normalized spacial score (nSPS) is 24.7. The molecule has 0 radical (unpaired) electrons. The fourth-order valence-electron chi connectivity index (χ4n) is 2.60. The molecule has 1 aliphatic heterocycles. The van der Waals surface area contributed by atoms with Gasteiger partial charge in [0.15, 0.2) is 0 Å². The molecule has 188 valence electrons. The Morgan fingerprint density at radius 1 is 1.18 bits per heavy atom. The van der Waals surface area contributed by atoms with Crippen LogP contribution in [0.3, 0.4) is 0 Å². The number of phosphoric acid groups is 3. The van der Waals surface area contributed by atoms with Crippen molar-refractivity contribution >= 4 is 29.4 Å². The van der Waals surface area contributed by atoms with Gasteiger partial charge in [-0.1, -0.05) is 0 Å². The van der Waals surface area contributed by atoms with E-state index in [0.29, 0.717) is 0 Å². The summed E-state index contributed by atoms with van der Waals surface area (Å²) in [5.74, 6) is -0.771. The molecule has 0 aliphatic carbocycles. The third-order valence-corrected chi connectivity index (χ3v) is 7.74. The molecule has 2 rings (SSSR count). The first-order chi connectivity index (χ1) is 15.0. The van der Waals surface area contributed by atoms with Crippen LogP contribution >= 0.6 is 23.5 Å². The fourth-order valence-corrected chi connectivity index (χ4v) is 5.63. The number of nitrogens with one attached hydrogen (secondary N) is 1. The highest BCUT2D eigenvalue weighted by Crippen LogP contribution is 2.66. The van der Waals surface area contributed by atoms with Crippen LogP contribution in [0, 0.1) is 0 Å². The lowest BCUT2D eigenvalue weighted by Crippen LogP contribution is -2.35. The number of methoxy groups -OCH3 is 1. The molecule has 2 unspecified atom stereocenters. The van der Waals surface area contributed by atoms with Gasteiger partial charge in [-0.05, 0) is 0 Å². The summed E-state index contributed by atoms with van der Waals surface area (Å²) in [4.78, 5) is 72.8. The Labute approximate surface area is 183 Å². The zero-order valence-electron chi connectivity index (χ0n) is 16.4. The quantitative estimate of drug-likeness (QED) is 0.142. The number of esters is 1. The lowest BCUT2D eigenvalue weighted by atomic mass is 10.2. The molecule has 0 bridgehead atoms. The highest BCUT2D eigenvalue weighted by atomic mass is 31.3. The molecule has 21 heteroatoms. The van der Waals surface area contributed by atoms with E-state index in [-0.39, 0.29) is 12.0 Å². The summed E-state index contributed by atoms with van der Waals surface area (Å²) in [6, 6.07) is 0. The average molecular weight is 540 g/mol. The third-order valence-electron chi connectivity index (χ3n) is 3.94. The minimum atomic E-state index is -5.72. The predicted molar refractivity (Wildman–Crippen MR) is 101 cm³/mol. The Kier molecular flexibility index (Phi) is 8.73. The van der Waals surface area contributed by atoms with E-state index in [1.54, 1.807) is 0 Å². The maximum absolute atomic E-state index is 12.1. The molecule has 18 nitrogen and oxygen atoms in total. The van der Waals surface area contributed by atoms with Crippen LogP contribution in [0.4, 0.5) is 0 Å². The van der Waals surface area contributed by atoms with Crippen molar-refractivity contribution in [3.63, 3.8) is 0 Å². The Balaban J connectivity index is 2.09. The van der Waals surface area contributed by atoms with Gasteiger partial charge in [0.1, 0.15) is 12.3 Å². The van der Waals surface area contributed by atoms with Crippen LogP contribution < -0.4 is 11.2 Å². The van der Waals surface area contributed by atoms with E-state index in [2.05, 4.69) is 17.9 Å². The van der Waals surface area contributed by atoms with E-state index >= 15 is 0 Å². The molecule has 0 amide bonds. The number of ether oxygens (including phenoxy) is 2. The smallest absolute Gasteiger partial charge is 0.469 e. The molecule has 1 saturated heterocycles. The van der Waals surface area contributed by atoms with Gasteiger partial charge < -0.3 is 34.2 Å². The lowest BCUT2D eigenvalue weighted by molar-refractivity contribution is -0.139. The number of rotatable bonds is 10. The summed E-state index contributed by atoms with van der Waals surface area (Å²) < 4.78 is 55.8. The van der Waals surface area contributed by atoms with Crippen molar-refractivity contribution in [2.45, 2.75) is 31.3 Å². The number of aromatic amines is 1. The van der Waals surface area contributed by atoms with Crippen LogP contribution in [-0.2, 0) is 47.5 Å². The molecule has 1 aromatic rings. The summed E-state index contributed by atoms with van der Waals surface area (Å²) in [6.07, 6.45) is -3.80. The molecule has 0 aromatic carbocycles. The molecule has 6 N–H and O–H groups in total. The van der Waals surface area contributed by atoms with Crippen molar-refractivity contribution in [3.8, 4) is 0 Å². The van der Waals surface area contributed by atoms with Crippen LogP contribution in [0.1, 0.15) is 18.2 Å². The van der Waals surface area contributed by atoms with Crippen LogP contribution in [0.15, 0.2) is 15.8 Å². The zero-order valence-corrected chi connectivity index (χ0v) is 19.1. The summed E-state index contributed by atoms with van der Waals surface area (Å²) in [6.45, 7) is -0.950. The van der Waals surface area contributed by atoms with Crippen LogP contribution in [0.2, 0.25) is 0 Å². The van der Waals surface area contributed by atoms with E-state index in [0.717, 1.165) is 17.9 Å². The number of aliphatic hydroxyl groups excluding tert-OH is 1. The number of aliphatic hydroxyl groups is 1. The second-order valence-electron chi connectivity index (χ2n) is 6.39. The first-order valence-electron chi connectivity index (χ1n) is 8.55. The van der Waals surface area contributed by atoms with Crippen molar-refractivity contribution < 1.29 is 65.8 Å². The summed E-state index contributed by atoms with van der Waals surface area (Å²) in [5.41, 5.74) is -1.97. The van der Waals surface area contributed by atoms with Crippen LogP contribution in [-0.4, -0.2) is 66.1 Å². The minimum Gasteiger partial charge on any atom is -0.469 e. The topological polar surface area (TPSA) is 270 Å². The first kappa shape index (κ1) is 27.7. The van der Waals surface area contributed by atoms with Gasteiger partial charge in [0.25, 0.3) is 5.56 Å². The number of nitrogens with zero attached hydrogens (tertiary/aromatic N) is 1. The van der Waals surface area contributed by atoms with Gasteiger partial charge in [0, 0.05) is 18.2 Å². The summed E-state index contributed by atoms with van der Waals surface area (Å²) >= 11 is 0. The second-order valence-corrected chi connectivity index (χ2v) is 10.8. The van der Waals surface area contributed by atoms with Crippen molar-refractivity contribution in [1.82, 2.24) is 9.55 Å². The van der Waals surface area contributed by atoms with Gasteiger partial charge in [0.2, 0.25) is 0 Å². The van der Waals surface area contributed by atoms with Gasteiger partial charge in [-0.3, -0.25) is 23.7 Å². The standard InChI is InChI=1S/C12H19N2O16P3/c1-26-10(16)2-6-4-14(12(18)13-11(6)17)9-3-7(15)8(28-9)5-27-32(22,23)30-33(24,25)29-31(19,20)21/h4,7-9,15H,2-3,5H2,1H3,(H,22,23)(H,24,25)(H,13,17,18)(H2,19,20,21)/t7-,8+,9+/m0/s1. The summed E-state index contributed by atoms with van der Waals surface area (Å²) in [7, 11) is -15.7. The third kappa shape index (κ3) is 8.33. The molecular weight excluding hydrogens is 521 g/mol.